The van der Waals surface area contributed by atoms with E-state index < -0.39 is 0 Å². The zero-order valence-electron chi connectivity index (χ0n) is 14.0. The fourth-order valence-electron chi connectivity index (χ4n) is 2.63. The van der Waals surface area contributed by atoms with Crippen molar-refractivity contribution in [2.75, 3.05) is 39.0 Å². The van der Waals surface area contributed by atoms with E-state index in [0.29, 0.717) is 36.7 Å². The molecule has 1 aromatic carbocycles. The maximum absolute atomic E-state index is 12.2. The Morgan fingerprint density at radius 1 is 1.24 bits per heavy atom. The molecule has 2 heterocycles. The van der Waals surface area contributed by atoms with Crippen LogP contribution in [0.2, 0.25) is 0 Å². The Labute approximate surface area is 145 Å². The van der Waals surface area contributed by atoms with Crippen LogP contribution in [0.15, 0.2) is 36.7 Å². The molecule has 0 saturated carbocycles. The molecule has 8 nitrogen and oxygen atoms in total. The molecule has 130 valence electrons. The summed E-state index contributed by atoms with van der Waals surface area (Å²) in [5.41, 5.74) is 7.67. The Hall–Kier alpha value is -3.16. The van der Waals surface area contributed by atoms with Gasteiger partial charge in [-0.1, -0.05) is 12.1 Å². The summed E-state index contributed by atoms with van der Waals surface area (Å²) in [5.74, 6) is 0.173. The maximum Gasteiger partial charge on any atom is 0.319 e. The number of rotatable bonds is 5. The number of likely N-dealkylation sites (N-methyl/N-ethyl adjacent to an activating group) is 1. The molecule has 0 radical (unpaired) electrons. The topological polar surface area (TPSA) is 104 Å². The van der Waals surface area contributed by atoms with Gasteiger partial charge in [0.2, 0.25) is 0 Å². The number of nitrogens with one attached hydrogen (secondary N) is 1. The highest BCUT2D eigenvalue weighted by Gasteiger charge is 2.24. The fourth-order valence-corrected chi connectivity index (χ4v) is 2.63. The third kappa shape index (κ3) is 3.85. The molecule has 0 spiro atoms. The van der Waals surface area contributed by atoms with Gasteiger partial charge in [0, 0.05) is 44.4 Å². The van der Waals surface area contributed by atoms with Gasteiger partial charge in [0.25, 0.3) is 5.91 Å². The average Bonchev–Trinajstić information content (AvgIpc) is 2.94. The monoisotopic (exact) mass is 340 g/mol. The molecule has 1 aromatic heterocycles. The van der Waals surface area contributed by atoms with Crippen molar-refractivity contribution >= 4 is 17.8 Å². The van der Waals surface area contributed by atoms with Gasteiger partial charge in [0.15, 0.2) is 0 Å². The van der Waals surface area contributed by atoms with E-state index in [9.17, 15) is 9.59 Å². The first kappa shape index (κ1) is 16.7. The number of nitrogen functional groups attached to an aromatic ring is 1. The number of carbonyl (C=O) groups is 2. The Balaban J connectivity index is 1.55. The second-order valence-electron chi connectivity index (χ2n) is 5.85. The van der Waals surface area contributed by atoms with E-state index in [4.69, 9.17) is 5.73 Å². The molecule has 0 bridgehead atoms. The summed E-state index contributed by atoms with van der Waals surface area (Å²) in [6, 6.07) is 7.06. The standard InChI is InChI=1S/C17H20N6O2/c1-22-8-9-23(17(22)25)7-6-20-16(24)13-4-2-12(3-5-13)14-10-19-11-15(18)21-14/h2-5,10-11H,6-9H2,1H3,(H2,18,21)(H,20,24). The van der Waals surface area contributed by atoms with Crippen LogP contribution in [0, 0.1) is 0 Å². The van der Waals surface area contributed by atoms with Crippen molar-refractivity contribution in [3.63, 3.8) is 0 Å². The van der Waals surface area contributed by atoms with Crippen molar-refractivity contribution in [1.82, 2.24) is 25.1 Å². The molecule has 0 unspecified atom stereocenters. The van der Waals surface area contributed by atoms with Gasteiger partial charge in [-0.25, -0.2) is 9.78 Å². The maximum atomic E-state index is 12.2. The van der Waals surface area contributed by atoms with Crippen molar-refractivity contribution < 1.29 is 9.59 Å². The van der Waals surface area contributed by atoms with Crippen LogP contribution in [0.3, 0.4) is 0 Å². The number of benzene rings is 1. The highest BCUT2D eigenvalue weighted by Crippen LogP contribution is 2.17. The minimum Gasteiger partial charge on any atom is -0.382 e. The highest BCUT2D eigenvalue weighted by atomic mass is 16.2. The summed E-state index contributed by atoms with van der Waals surface area (Å²) in [4.78, 5) is 35.6. The van der Waals surface area contributed by atoms with E-state index in [0.717, 1.165) is 12.1 Å². The van der Waals surface area contributed by atoms with Gasteiger partial charge >= 0.3 is 6.03 Å². The van der Waals surface area contributed by atoms with E-state index in [-0.39, 0.29) is 11.9 Å². The van der Waals surface area contributed by atoms with E-state index >= 15 is 0 Å². The SMILES string of the molecule is CN1CCN(CCNC(=O)c2ccc(-c3cncc(N)n3)cc2)C1=O. The van der Waals surface area contributed by atoms with Crippen LogP contribution in [-0.4, -0.2) is 64.9 Å². The highest BCUT2D eigenvalue weighted by molar-refractivity contribution is 5.94. The van der Waals surface area contributed by atoms with Crippen LogP contribution >= 0.6 is 0 Å². The smallest absolute Gasteiger partial charge is 0.319 e. The fraction of sp³-hybridized carbons (Fsp3) is 0.294. The van der Waals surface area contributed by atoms with Gasteiger partial charge in [-0.15, -0.1) is 0 Å². The molecule has 0 aliphatic carbocycles. The lowest BCUT2D eigenvalue weighted by Gasteiger charge is -2.16. The quantitative estimate of drug-likeness (QED) is 0.839. The predicted octanol–water partition coefficient (Wildman–Crippen LogP) is 0.823. The summed E-state index contributed by atoms with van der Waals surface area (Å²) in [6.07, 6.45) is 3.10. The summed E-state index contributed by atoms with van der Waals surface area (Å²) < 4.78 is 0. The molecule has 3 N–H and O–H groups in total. The van der Waals surface area contributed by atoms with E-state index in [2.05, 4.69) is 15.3 Å². The number of nitrogens with two attached hydrogens (primary N) is 1. The number of urea groups is 1. The third-order valence-electron chi connectivity index (χ3n) is 4.07. The molecule has 2 aromatic rings. The third-order valence-corrected chi connectivity index (χ3v) is 4.07. The molecule has 3 rings (SSSR count). The zero-order chi connectivity index (χ0) is 17.8. The molecule has 3 amide bonds. The molecular weight excluding hydrogens is 320 g/mol. The first-order valence-electron chi connectivity index (χ1n) is 8.01. The van der Waals surface area contributed by atoms with Crippen LogP contribution in [0.25, 0.3) is 11.3 Å². The van der Waals surface area contributed by atoms with Gasteiger partial charge < -0.3 is 20.9 Å². The van der Waals surface area contributed by atoms with Crippen LogP contribution in [-0.2, 0) is 0 Å². The van der Waals surface area contributed by atoms with E-state index in [1.54, 1.807) is 47.3 Å². The van der Waals surface area contributed by atoms with Gasteiger partial charge in [-0.05, 0) is 12.1 Å². The van der Waals surface area contributed by atoms with Gasteiger partial charge in [0.05, 0.1) is 18.1 Å². The lowest BCUT2D eigenvalue weighted by molar-refractivity contribution is 0.0950. The van der Waals surface area contributed by atoms with Crippen LogP contribution in [0.1, 0.15) is 10.4 Å². The van der Waals surface area contributed by atoms with Crippen molar-refractivity contribution in [3.05, 3.63) is 42.2 Å². The first-order chi connectivity index (χ1) is 12.0. The van der Waals surface area contributed by atoms with Crippen molar-refractivity contribution in [2.24, 2.45) is 0 Å². The zero-order valence-corrected chi connectivity index (χ0v) is 14.0. The molecule has 0 atom stereocenters. The molecule has 1 fully saturated rings. The number of aromatic nitrogens is 2. The van der Waals surface area contributed by atoms with Crippen LogP contribution in [0.4, 0.5) is 10.6 Å². The largest absolute Gasteiger partial charge is 0.382 e. The normalized spacial score (nSPS) is 14.0. The predicted molar refractivity (Wildman–Crippen MR) is 93.8 cm³/mol. The number of hydrogen-bond donors (Lipinski definition) is 2. The van der Waals surface area contributed by atoms with Gasteiger partial charge in [-0.2, -0.15) is 0 Å². The minimum atomic E-state index is -0.176. The summed E-state index contributed by atoms with van der Waals surface area (Å²) in [5, 5.41) is 2.83. The summed E-state index contributed by atoms with van der Waals surface area (Å²) in [6.45, 7) is 2.34. The summed E-state index contributed by atoms with van der Waals surface area (Å²) >= 11 is 0. The number of amides is 3. The molecule has 1 aliphatic rings. The Morgan fingerprint density at radius 3 is 2.64 bits per heavy atom. The average molecular weight is 340 g/mol. The molecule has 25 heavy (non-hydrogen) atoms. The molecular formula is C17H20N6O2. The number of anilines is 1. The molecule has 1 aliphatic heterocycles. The van der Waals surface area contributed by atoms with Gasteiger partial charge in [-0.3, -0.25) is 9.78 Å². The van der Waals surface area contributed by atoms with Crippen LogP contribution < -0.4 is 11.1 Å². The lowest BCUT2D eigenvalue weighted by atomic mass is 10.1. The number of carbonyl (C=O) groups excluding carboxylic acids is 2. The number of nitrogens with zero attached hydrogens (tertiary/aromatic N) is 4. The van der Waals surface area contributed by atoms with Crippen LogP contribution in [0.5, 0.6) is 0 Å². The van der Waals surface area contributed by atoms with E-state index in [1.165, 1.54) is 6.20 Å². The van der Waals surface area contributed by atoms with Crippen molar-refractivity contribution in [3.8, 4) is 11.3 Å². The van der Waals surface area contributed by atoms with E-state index in [1.807, 2.05) is 0 Å². The van der Waals surface area contributed by atoms with Gasteiger partial charge in [0.1, 0.15) is 5.82 Å². The first-order valence-corrected chi connectivity index (χ1v) is 8.01. The second kappa shape index (κ2) is 7.16. The summed E-state index contributed by atoms with van der Waals surface area (Å²) in [7, 11) is 1.77. The molecule has 1 saturated heterocycles. The Kier molecular flexibility index (Phi) is 4.78. The second-order valence-corrected chi connectivity index (χ2v) is 5.85. The van der Waals surface area contributed by atoms with Crippen molar-refractivity contribution in [2.45, 2.75) is 0 Å². The Morgan fingerprint density at radius 2 is 2.00 bits per heavy atom. The Bertz CT molecular complexity index is 777. The minimum absolute atomic E-state index is 0.00171. The lowest BCUT2D eigenvalue weighted by Crippen LogP contribution is -2.37. The number of hydrogen-bond acceptors (Lipinski definition) is 5. The molecule has 8 heteroatoms. The van der Waals surface area contributed by atoms with Crippen molar-refractivity contribution in [1.29, 1.82) is 0 Å².